The average molecular weight is 380 g/mol. The fraction of sp³-hybridized carbons (Fsp3) is 0.600. The number of phenolic OH excluding ortho intramolecular Hbond substituents is 1. The van der Waals surface area contributed by atoms with Gasteiger partial charge in [0.05, 0.1) is 11.6 Å². The highest BCUT2D eigenvalue weighted by Crippen LogP contribution is 2.37. The van der Waals surface area contributed by atoms with Crippen LogP contribution < -0.4 is 10.5 Å². The summed E-state index contributed by atoms with van der Waals surface area (Å²) in [5.41, 5.74) is 7.36. The number of rotatable bonds is 3. The van der Waals surface area contributed by atoms with Gasteiger partial charge in [0.25, 0.3) is 0 Å². The van der Waals surface area contributed by atoms with E-state index in [0.717, 1.165) is 31.6 Å². The number of aromatic hydroxyl groups is 1. The van der Waals surface area contributed by atoms with Gasteiger partial charge in [-0.3, -0.25) is 4.90 Å². The number of hydrogen-bond donors (Lipinski definition) is 2. The molecule has 6 heteroatoms. The molecule has 1 saturated heterocycles. The van der Waals surface area contributed by atoms with Gasteiger partial charge in [-0.15, -0.1) is 12.4 Å². The first-order chi connectivity index (χ1) is 9.35. The molecule has 0 aliphatic carbocycles. The van der Waals surface area contributed by atoms with Crippen molar-refractivity contribution in [2.75, 3.05) is 20.2 Å². The summed E-state index contributed by atoms with van der Waals surface area (Å²) in [5, 5.41) is 10.0. The second kappa shape index (κ2) is 7.18. The van der Waals surface area contributed by atoms with Crippen LogP contribution >= 0.6 is 28.3 Å². The molecule has 0 saturated carbocycles. The van der Waals surface area contributed by atoms with E-state index >= 15 is 0 Å². The molecule has 0 aromatic heterocycles. The topological polar surface area (TPSA) is 58.7 Å². The summed E-state index contributed by atoms with van der Waals surface area (Å²) in [6.07, 6.45) is 1.01. The van der Waals surface area contributed by atoms with Crippen LogP contribution in [0.5, 0.6) is 11.5 Å². The maximum atomic E-state index is 10.0. The molecule has 1 aliphatic heterocycles. The molecule has 4 nitrogen and oxygen atoms in total. The van der Waals surface area contributed by atoms with Gasteiger partial charge in [0.1, 0.15) is 0 Å². The van der Waals surface area contributed by atoms with Crippen molar-refractivity contribution in [3.05, 3.63) is 22.2 Å². The largest absolute Gasteiger partial charge is 0.503 e. The summed E-state index contributed by atoms with van der Waals surface area (Å²) in [6.45, 7) is 7.18. The van der Waals surface area contributed by atoms with Crippen LogP contribution in [-0.4, -0.2) is 36.2 Å². The zero-order valence-corrected chi connectivity index (χ0v) is 15.1. The quantitative estimate of drug-likeness (QED) is 0.847. The number of phenols is 1. The van der Waals surface area contributed by atoms with Crippen molar-refractivity contribution in [1.82, 2.24) is 4.90 Å². The number of ether oxygens (including phenoxy) is 1. The van der Waals surface area contributed by atoms with E-state index < -0.39 is 0 Å². The Balaban J connectivity index is 0.00000220. The van der Waals surface area contributed by atoms with Crippen LogP contribution in [0.2, 0.25) is 0 Å². The number of hydrogen-bond acceptors (Lipinski definition) is 4. The molecule has 1 atom stereocenters. The Morgan fingerprint density at radius 3 is 2.71 bits per heavy atom. The third-order valence-electron chi connectivity index (χ3n) is 4.16. The van der Waals surface area contributed by atoms with Crippen molar-refractivity contribution >= 4 is 28.3 Å². The molecule has 2 rings (SSSR count). The van der Waals surface area contributed by atoms with Crippen LogP contribution in [0.15, 0.2) is 16.6 Å². The first-order valence-corrected chi connectivity index (χ1v) is 7.66. The van der Waals surface area contributed by atoms with E-state index in [-0.39, 0.29) is 29.6 Å². The average Bonchev–Trinajstić information content (AvgIpc) is 2.39. The van der Waals surface area contributed by atoms with Gasteiger partial charge in [0.2, 0.25) is 0 Å². The number of halogens is 2. The van der Waals surface area contributed by atoms with Crippen molar-refractivity contribution in [3.63, 3.8) is 0 Å². The lowest BCUT2D eigenvalue weighted by molar-refractivity contribution is 0.0896. The summed E-state index contributed by atoms with van der Waals surface area (Å²) in [5.74, 6) is 0.652. The number of likely N-dealkylation sites (tertiary alicyclic amines) is 1. The Morgan fingerprint density at radius 1 is 1.48 bits per heavy atom. The third kappa shape index (κ3) is 4.03. The molecular formula is C15H24BrClN2O2. The predicted molar refractivity (Wildman–Crippen MR) is 91.3 cm³/mol. The Kier molecular flexibility index (Phi) is 6.35. The summed E-state index contributed by atoms with van der Waals surface area (Å²) in [6, 6.07) is 4.05. The first kappa shape index (κ1) is 18.6. The van der Waals surface area contributed by atoms with Crippen molar-refractivity contribution < 1.29 is 9.84 Å². The molecule has 0 spiro atoms. The maximum absolute atomic E-state index is 10.0. The van der Waals surface area contributed by atoms with Gasteiger partial charge in [-0.25, -0.2) is 0 Å². The van der Waals surface area contributed by atoms with Gasteiger partial charge >= 0.3 is 0 Å². The minimum absolute atomic E-state index is 0. The van der Waals surface area contributed by atoms with Gasteiger partial charge in [-0.2, -0.15) is 0 Å². The Bertz CT molecular complexity index is 497. The zero-order valence-electron chi connectivity index (χ0n) is 12.7. The zero-order chi connectivity index (χ0) is 14.9. The number of piperidine rings is 1. The fourth-order valence-electron chi connectivity index (χ4n) is 2.74. The molecule has 0 radical (unpaired) electrons. The van der Waals surface area contributed by atoms with Crippen LogP contribution in [0.25, 0.3) is 0 Å². The molecule has 0 bridgehead atoms. The lowest BCUT2D eigenvalue weighted by Gasteiger charge is -2.42. The second-order valence-corrected chi connectivity index (χ2v) is 6.98. The van der Waals surface area contributed by atoms with Crippen molar-refractivity contribution in [2.24, 2.45) is 11.1 Å². The van der Waals surface area contributed by atoms with Crippen molar-refractivity contribution in [1.29, 1.82) is 0 Å². The van der Waals surface area contributed by atoms with Crippen molar-refractivity contribution in [3.8, 4) is 11.5 Å². The van der Waals surface area contributed by atoms with Crippen LogP contribution in [-0.2, 0) is 6.54 Å². The molecular weight excluding hydrogens is 356 g/mol. The van der Waals surface area contributed by atoms with E-state index in [1.807, 2.05) is 6.07 Å². The lowest BCUT2D eigenvalue weighted by Crippen LogP contribution is -2.52. The van der Waals surface area contributed by atoms with Crippen LogP contribution in [0.3, 0.4) is 0 Å². The molecule has 1 aliphatic rings. The highest BCUT2D eigenvalue weighted by Gasteiger charge is 2.33. The number of nitrogens with zero attached hydrogens (tertiary/aromatic N) is 1. The van der Waals surface area contributed by atoms with E-state index in [4.69, 9.17) is 10.5 Å². The molecule has 21 heavy (non-hydrogen) atoms. The minimum Gasteiger partial charge on any atom is -0.503 e. The number of methoxy groups -OCH3 is 1. The van der Waals surface area contributed by atoms with E-state index in [1.165, 1.54) is 0 Å². The molecule has 3 N–H and O–H groups in total. The second-order valence-electron chi connectivity index (χ2n) is 6.18. The van der Waals surface area contributed by atoms with Gasteiger partial charge in [-0.1, -0.05) is 19.9 Å². The van der Waals surface area contributed by atoms with Crippen molar-refractivity contribution in [2.45, 2.75) is 32.9 Å². The highest BCUT2D eigenvalue weighted by molar-refractivity contribution is 9.10. The van der Waals surface area contributed by atoms with Gasteiger partial charge in [-0.05, 0) is 39.4 Å². The molecule has 1 heterocycles. The fourth-order valence-corrected chi connectivity index (χ4v) is 3.19. The number of benzene rings is 1. The molecule has 1 aromatic carbocycles. The summed E-state index contributed by atoms with van der Waals surface area (Å²) < 4.78 is 5.82. The highest BCUT2D eigenvalue weighted by atomic mass is 79.9. The maximum Gasteiger partial charge on any atom is 0.172 e. The van der Waals surface area contributed by atoms with E-state index in [9.17, 15) is 5.11 Å². The monoisotopic (exact) mass is 378 g/mol. The Labute approximate surface area is 141 Å². The Hall–Kier alpha value is -0.490. The van der Waals surface area contributed by atoms with E-state index in [2.05, 4.69) is 34.7 Å². The van der Waals surface area contributed by atoms with Gasteiger partial charge < -0.3 is 15.6 Å². The SMILES string of the molecule is COc1ccc(CN2CCC(N)C(C)(C)C2)c(Br)c1O.Cl. The third-order valence-corrected chi connectivity index (χ3v) is 5.05. The molecule has 0 amide bonds. The standard InChI is InChI=1S/C15H23BrN2O2.ClH/c1-15(2)9-18(7-6-12(15)17)8-10-4-5-11(20-3)14(19)13(10)16;/h4-5,12,19H,6-9,17H2,1-3H3;1H. The molecule has 120 valence electrons. The molecule has 1 fully saturated rings. The first-order valence-electron chi connectivity index (χ1n) is 6.87. The summed E-state index contributed by atoms with van der Waals surface area (Å²) >= 11 is 3.46. The van der Waals surface area contributed by atoms with Crippen LogP contribution in [0.1, 0.15) is 25.8 Å². The normalized spacial score (nSPS) is 21.7. The smallest absolute Gasteiger partial charge is 0.172 e. The van der Waals surface area contributed by atoms with E-state index in [0.29, 0.717) is 10.2 Å². The minimum atomic E-state index is 0. The van der Waals surface area contributed by atoms with Gasteiger partial charge in [0.15, 0.2) is 11.5 Å². The van der Waals surface area contributed by atoms with Crippen LogP contribution in [0, 0.1) is 5.41 Å². The molecule has 1 aromatic rings. The van der Waals surface area contributed by atoms with E-state index in [1.54, 1.807) is 13.2 Å². The molecule has 1 unspecified atom stereocenters. The Morgan fingerprint density at radius 2 is 2.14 bits per heavy atom. The number of nitrogens with two attached hydrogens (primary N) is 1. The predicted octanol–water partition coefficient (Wildman–Crippen LogP) is 3.14. The lowest BCUT2D eigenvalue weighted by atomic mass is 9.79. The summed E-state index contributed by atoms with van der Waals surface area (Å²) in [7, 11) is 1.55. The summed E-state index contributed by atoms with van der Waals surface area (Å²) in [4.78, 5) is 2.38. The van der Waals surface area contributed by atoms with Crippen LogP contribution in [0.4, 0.5) is 0 Å². The van der Waals surface area contributed by atoms with Gasteiger partial charge in [0, 0.05) is 25.7 Å².